The molecule has 0 spiro atoms. The van der Waals surface area contributed by atoms with E-state index >= 15 is 0 Å². The van der Waals surface area contributed by atoms with Crippen molar-refractivity contribution in [2.24, 2.45) is 0 Å². The van der Waals surface area contributed by atoms with Crippen molar-refractivity contribution in [1.29, 1.82) is 0 Å². The molecule has 1 aliphatic rings. The number of pyridine rings is 1. The highest BCUT2D eigenvalue weighted by molar-refractivity contribution is 6.05. The van der Waals surface area contributed by atoms with Crippen molar-refractivity contribution in [3.05, 3.63) is 132 Å². The Morgan fingerprint density at radius 1 is 0.659 bits per heavy atom. The third-order valence-electron chi connectivity index (χ3n) is 7.74. The molecule has 4 nitrogen and oxygen atoms in total. The number of hydrogen-bond acceptors (Lipinski definition) is 4. The largest absolute Gasteiger partial charge is 0.453 e. The van der Waals surface area contributed by atoms with Crippen molar-refractivity contribution in [1.82, 2.24) is 4.98 Å². The van der Waals surface area contributed by atoms with E-state index < -0.39 is 5.60 Å². The summed E-state index contributed by atoms with van der Waals surface area (Å²) in [5, 5.41) is 11.6. The number of fused-ring (bicyclic) bond motifs is 3. The molecule has 0 saturated carbocycles. The number of anilines is 3. The maximum atomic E-state index is 10.6. The van der Waals surface area contributed by atoms with Crippen LogP contribution in [0.15, 0.2) is 121 Å². The van der Waals surface area contributed by atoms with Crippen LogP contribution in [0.5, 0.6) is 11.5 Å². The Bertz CT molecular complexity index is 1860. The summed E-state index contributed by atoms with van der Waals surface area (Å²) in [7, 11) is 0. The standard InChI is InChI=1S/C37H30N2O2/c1-24-15-17-26(18-16-24)30-23-29(25-19-21-27(22-20-25)37(2,3)40)28-9-8-12-33(36(28)38-30)39-31-10-4-6-13-34(31)41-35-14-7-5-11-32(35)39/h4-23,40H,1-3H3. The van der Waals surface area contributed by atoms with Crippen molar-refractivity contribution < 1.29 is 9.84 Å². The van der Waals surface area contributed by atoms with Crippen molar-refractivity contribution >= 4 is 28.0 Å². The highest BCUT2D eigenvalue weighted by Gasteiger charge is 2.27. The molecule has 1 N–H and O–H groups in total. The Morgan fingerprint density at radius 3 is 1.88 bits per heavy atom. The van der Waals surface area contributed by atoms with E-state index in [0.717, 1.165) is 67.4 Å². The summed E-state index contributed by atoms with van der Waals surface area (Å²) >= 11 is 0. The predicted molar refractivity (Wildman–Crippen MR) is 167 cm³/mol. The first-order chi connectivity index (χ1) is 19.9. The average molecular weight is 535 g/mol. The molecule has 0 atom stereocenters. The first-order valence-electron chi connectivity index (χ1n) is 13.9. The molecular formula is C37H30N2O2. The van der Waals surface area contributed by atoms with Crippen LogP contribution in [0.25, 0.3) is 33.3 Å². The van der Waals surface area contributed by atoms with E-state index in [2.05, 4.69) is 84.6 Å². The minimum atomic E-state index is -0.907. The fourth-order valence-corrected chi connectivity index (χ4v) is 5.55. The Morgan fingerprint density at radius 2 is 1.24 bits per heavy atom. The molecular weight excluding hydrogens is 504 g/mol. The summed E-state index contributed by atoms with van der Waals surface area (Å²) in [5.41, 5.74) is 9.12. The molecule has 200 valence electrons. The minimum Gasteiger partial charge on any atom is -0.453 e. The average Bonchev–Trinajstić information content (AvgIpc) is 2.99. The monoisotopic (exact) mass is 534 g/mol. The van der Waals surface area contributed by atoms with Crippen LogP contribution < -0.4 is 9.64 Å². The summed E-state index contributed by atoms with van der Waals surface area (Å²) in [6.45, 7) is 5.71. The van der Waals surface area contributed by atoms with E-state index in [9.17, 15) is 5.11 Å². The molecule has 1 aliphatic heterocycles. The van der Waals surface area contributed by atoms with Crippen molar-refractivity contribution in [3.8, 4) is 33.9 Å². The number of aryl methyl sites for hydroxylation is 1. The zero-order chi connectivity index (χ0) is 28.1. The van der Waals surface area contributed by atoms with E-state index in [1.165, 1.54) is 5.56 Å². The first kappa shape index (κ1) is 25.1. The Labute approximate surface area is 240 Å². The van der Waals surface area contributed by atoms with Gasteiger partial charge in [-0.05, 0) is 73.9 Å². The number of aliphatic hydroxyl groups is 1. The fraction of sp³-hybridized carbons (Fsp3) is 0.108. The van der Waals surface area contributed by atoms with Crippen LogP contribution in [0.1, 0.15) is 25.0 Å². The van der Waals surface area contributed by atoms with Gasteiger partial charge in [0.05, 0.1) is 33.9 Å². The third kappa shape index (κ3) is 4.43. The molecule has 2 heterocycles. The van der Waals surface area contributed by atoms with Crippen molar-refractivity contribution in [2.45, 2.75) is 26.4 Å². The summed E-state index contributed by atoms with van der Waals surface area (Å²) in [4.78, 5) is 7.57. The van der Waals surface area contributed by atoms with Crippen molar-refractivity contribution in [3.63, 3.8) is 0 Å². The van der Waals surface area contributed by atoms with Gasteiger partial charge in [0, 0.05) is 10.9 Å². The number of aromatic nitrogens is 1. The van der Waals surface area contributed by atoms with Crippen LogP contribution in [-0.2, 0) is 5.60 Å². The highest BCUT2D eigenvalue weighted by Crippen LogP contribution is 2.51. The molecule has 0 saturated heterocycles. The summed E-state index contributed by atoms with van der Waals surface area (Å²) in [5.74, 6) is 1.61. The SMILES string of the molecule is Cc1ccc(-c2cc(-c3ccc(C(C)(C)O)cc3)c3cccc(N4c5ccccc5Oc5ccccc54)c3n2)cc1. The van der Waals surface area contributed by atoms with Crippen LogP contribution >= 0.6 is 0 Å². The molecule has 0 unspecified atom stereocenters. The second-order valence-corrected chi connectivity index (χ2v) is 11.1. The normalized spacial score (nSPS) is 12.5. The zero-order valence-corrected chi connectivity index (χ0v) is 23.3. The minimum absolute atomic E-state index is 0.806. The lowest BCUT2D eigenvalue weighted by molar-refractivity contribution is 0.0786. The van der Waals surface area contributed by atoms with Crippen LogP contribution in [0, 0.1) is 6.92 Å². The lowest BCUT2D eigenvalue weighted by atomic mass is 9.93. The number of hydrogen-bond donors (Lipinski definition) is 1. The van der Waals surface area contributed by atoms with Gasteiger partial charge in [-0.25, -0.2) is 4.98 Å². The third-order valence-corrected chi connectivity index (χ3v) is 7.74. The smallest absolute Gasteiger partial charge is 0.151 e. The second kappa shape index (κ2) is 9.61. The van der Waals surface area contributed by atoms with Gasteiger partial charge in [-0.15, -0.1) is 0 Å². The van der Waals surface area contributed by atoms with Gasteiger partial charge in [0.15, 0.2) is 11.5 Å². The van der Waals surface area contributed by atoms with Gasteiger partial charge in [0.1, 0.15) is 0 Å². The summed E-state index contributed by atoms with van der Waals surface area (Å²) in [6.07, 6.45) is 0. The second-order valence-electron chi connectivity index (χ2n) is 11.1. The molecule has 0 fully saturated rings. The summed E-state index contributed by atoms with van der Waals surface area (Å²) < 4.78 is 6.29. The van der Waals surface area contributed by atoms with Gasteiger partial charge in [-0.3, -0.25) is 0 Å². The molecule has 0 aliphatic carbocycles. The summed E-state index contributed by atoms with van der Waals surface area (Å²) in [6, 6.07) is 41.5. The number of nitrogens with zero attached hydrogens (tertiary/aromatic N) is 2. The van der Waals surface area contributed by atoms with E-state index in [1.54, 1.807) is 0 Å². The van der Waals surface area contributed by atoms with Crippen LogP contribution in [-0.4, -0.2) is 10.1 Å². The lowest BCUT2D eigenvalue weighted by Gasteiger charge is -2.33. The molecule has 0 radical (unpaired) electrons. The van der Waals surface area contributed by atoms with E-state index in [-0.39, 0.29) is 0 Å². The van der Waals surface area contributed by atoms with Gasteiger partial charge in [-0.2, -0.15) is 0 Å². The molecule has 7 rings (SSSR count). The Balaban J connectivity index is 1.51. The maximum absolute atomic E-state index is 10.6. The van der Waals surface area contributed by atoms with Gasteiger partial charge in [0.2, 0.25) is 0 Å². The van der Waals surface area contributed by atoms with Crippen LogP contribution in [0.3, 0.4) is 0 Å². The lowest BCUT2D eigenvalue weighted by Crippen LogP contribution is -2.16. The van der Waals surface area contributed by atoms with E-state index in [1.807, 2.05) is 62.4 Å². The van der Waals surface area contributed by atoms with Gasteiger partial charge >= 0.3 is 0 Å². The zero-order valence-electron chi connectivity index (χ0n) is 23.3. The number of ether oxygens (including phenoxy) is 1. The van der Waals surface area contributed by atoms with Crippen molar-refractivity contribution in [2.75, 3.05) is 4.90 Å². The van der Waals surface area contributed by atoms with Gasteiger partial charge in [0.25, 0.3) is 0 Å². The quantitative estimate of drug-likeness (QED) is 0.244. The van der Waals surface area contributed by atoms with Gasteiger partial charge < -0.3 is 14.7 Å². The van der Waals surface area contributed by atoms with Crippen LogP contribution in [0.4, 0.5) is 17.1 Å². The van der Waals surface area contributed by atoms with E-state index in [4.69, 9.17) is 9.72 Å². The molecule has 0 bridgehead atoms. The predicted octanol–water partition coefficient (Wildman–Crippen LogP) is 9.68. The molecule has 4 heteroatoms. The highest BCUT2D eigenvalue weighted by atomic mass is 16.5. The topological polar surface area (TPSA) is 45.6 Å². The molecule has 0 amide bonds. The molecule has 5 aromatic carbocycles. The Kier molecular flexibility index (Phi) is 5.88. The first-order valence-corrected chi connectivity index (χ1v) is 13.9. The number of rotatable bonds is 4. The fourth-order valence-electron chi connectivity index (χ4n) is 5.55. The van der Waals surface area contributed by atoms with Crippen LogP contribution in [0.2, 0.25) is 0 Å². The van der Waals surface area contributed by atoms with Gasteiger partial charge in [-0.1, -0.05) is 90.5 Å². The Hall–Kier alpha value is -4.93. The molecule has 41 heavy (non-hydrogen) atoms. The maximum Gasteiger partial charge on any atom is 0.151 e. The molecule has 1 aromatic heterocycles. The number of para-hydroxylation sites is 5. The van der Waals surface area contributed by atoms with E-state index in [0.29, 0.717) is 0 Å². The number of benzene rings is 5. The molecule has 6 aromatic rings.